The zero-order chi connectivity index (χ0) is 24.7. The molecule has 1 aromatic heterocycles. The van der Waals surface area contributed by atoms with Crippen LogP contribution in [0.15, 0.2) is 64.3 Å². The Morgan fingerprint density at radius 1 is 0.882 bits per heavy atom. The minimum absolute atomic E-state index is 0.0618. The molecule has 1 heterocycles. The summed E-state index contributed by atoms with van der Waals surface area (Å²) in [5, 5.41) is 1.38. The van der Waals surface area contributed by atoms with Crippen LogP contribution in [0.1, 0.15) is 26.3 Å². The molecule has 0 spiro atoms. The average Bonchev–Trinajstić information content (AvgIpc) is 2.84. The van der Waals surface area contributed by atoms with Gasteiger partial charge in [0.05, 0.1) is 16.2 Å². The van der Waals surface area contributed by atoms with Crippen molar-refractivity contribution >= 4 is 32.3 Å². The van der Waals surface area contributed by atoms with Gasteiger partial charge in [-0.2, -0.15) is 0 Å². The second kappa shape index (κ2) is 12.0. The number of hydrogen-bond donors (Lipinski definition) is 0. The van der Waals surface area contributed by atoms with Gasteiger partial charge in [-0.25, -0.2) is 8.42 Å². The fourth-order valence-electron chi connectivity index (χ4n) is 4.11. The molecule has 0 aliphatic heterocycles. The molecular weight excluding hydrogens is 470 g/mol. The van der Waals surface area contributed by atoms with E-state index in [1.165, 1.54) is 0 Å². The number of hydrogen-bond acceptors (Lipinski definition) is 5. The summed E-state index contributed by atoms with van der Waals surface area (Å²) in [7, 11) is -3.53. The fraction of sp³-hybridized carbons (Fsp3) is 0.423. The third-order valence-electron chi connectivity index (χ3n) is 6.29. The van der Waals surface area contributed by atoms with Gasteiger partial charge in [0.25, 0.3) is 5.56 Å². The highest BCUT2D eigenvalue weighted by molar-refractivity contribution is 7.91. The minimum Gasteiger partial charge on any atom is -0.307 e. The summed E-state index contributed by atoms with van der Waals surface area (Å²) in [6.45, 7) is 11.6. The summed E-state index contributed by atoms with van der Waals surface area (Å²) in [5.41, 5.74) is 1.14. The van der Waals surface area contributed by atoms with Crippen molar-refractivity contribution in [2.24, 2.45) is 0 Å². The predicted octanol–water partition coefficient (Wildman–Crippen LogP) is 4.29. The van der Waals surface area contributed by atoms with Gasteiger partial charge >= 0.3 is 0 Å². The van der Waals surface area contributed by atoms with Gasteiger partial charge in [0.1, 0.15) is 0 Å². The second-order valence-electron chi connectivity index (χ2n) is 8.36. The van der Waals surface area contributed by atoms with Crippen LogP contribution in [0.5, 0.6) is 0 Å². The molecule has 0 atom stereocenters. The Bertz CT molecular complexity index is 1260. The lowest BCUT2D eigenvalue weighted by atomic mass is 10.1. The van der Waals surface area contributed by atoms with Crippen LogP contribution in [0.4, 0.5) is 0 Å². The molecule has 0 saturated heterocycles. The summed E-state index contributed by atoms with van der Waals surface area (Å²) in [6, 6.07) is 15.7. The average molecular weight is 504 g/mol. The van der Waals surface area contributed by atoms with Crippen molar-refractivity contribution in [2.75, 3.05) is 38.5 Å². The van der Waals surface area contributed by atoms with Crippen LogP contribution < -0.4 is 5.56 Å². The molecule has 184 valence electrons. The predicted molar refractivity (Wildman–Crippen MR) is 140 cm³/mol. The maximum atomic E-state index is 13.5. The number of aryl methyl sites for hydroxylation is 1. The van der Waals surface area contributed by atoms with Gasteiger partial charge in [-0.1, -0.05) is 56.6 Å². The third kappa shape index (κ3) is 6.48. The smallest absolute Gasteiger partial charge is 0.255 e. The number of halogens is 1. The van der Waals surface area contributed by atoms with Crippen molar-refractivity contribution in [3.8, 4) is 0 Å². The molecule has 3 rings (SSSR count). The molecule has 0 aliphatic carbocycles. The Kier molecular flexibility index (Phi) is 9.31. The van der Waals surface area contributed by atoms with E-state index in [-0.39, 0.29) is 22.8 Å². The number of likely N-dealkylation sites (N-methyl/N-ethyl adjacent to an activating group) is 2. The number of sulfone groups is 1. The quantitative estimate of drug-likeness (QED) is 0.369. The SMILES string of the molecule is CCN(CC)CCN(CC)Cc1cc2ccc(Cl)cc2n(CCS(=O)(=O)c2ccccc2)c1=O. The van der Waals surface area contributed by atoms with E-state index in [2.05, 4.69) is 30.6 Å². The number of benzene rings is 2. The molecule has 0 bridgehead atoms. The van der Waals surface area contributed by atoms with E-state index in [0.717, 1.165) is 38.1 Å². The molecular formula is C26H34ClN3O3S. The van der Waals surface area contributed by atoms with Crippen LogP contribution >= 0.6 is 11.6 Å². The minimum atomic E-state index is -3.53. The van der Waals surface area contributed by atoms with Crippen molar-refractivity contribution in [3.63, 3.8) is 0 Å². The number of pyridine rings is 1. The van der Waals surface area contributed by atoms with Gasteiger partial charge in [0.15, 0.2) is 9.84 Å². The van der Waals surface area contributed by atoms with E-state index in [1.54, 1.807) is 47.0 Å². The largest absolute Gasteiger partial charge is 0.307 e. The first kappa shape index (κ1) is 26.4. The van der Waals surface area contributed by atoms with Crippen LogP contribution in [0.25, 0.3) is 10.9 Å². The van der Waals surface area contributed by atoms with Crippen LogP contribution in [-0.4, -0.2) is 61.3 Å². The van der Waals surface area contributed by atoms with Crippen molar-refractivity contribution in [1.29, 1.82) is 0 Å². The lowest BCUT2D eigenvalue weighted by molar-refractivity contribution is 0.214. The lowest BCUT2D eigenvalue weighted by Gasteiger charge is -2.25. The van der Waals surface area contributed by atoms with E-state index < -0.39 is 9.84 Å². The van der Waals surface area contributed by atoms with Gasteiger partial charge in [0, 0.05) is 36.8 Å². The summed E-state index contributed by atoms with van der Waals surface area (Å²) in [6.07, 6.45) is 0. The number of fused-ring (bicyclic) bond motifs is 1. The number of nitrogens with zero attached hydrogens (tertiary/aromatic N) is 3. The second-order valence-corrected chi connectivity index (χ2v) is 10.9. The molecule has 2 aromatic carbocycles. The maximum absolute atomic E-state index is 13.5. The summed E-state index contributed by atoms with van der Waals surface area (Å²) in [5.74, 6) is -0.165. The Morgan fingerprint density at radius 2 is 1.53 bits per heavy atom. The van der Waals surface area contributed by atoms with Crippen LogP contribution in [0.2, 0.25) is 5.02 Å². The zero-order valence-electron chi connectivity index (χ0n) is 20.2. The number of aromatic nitrogens is 1. The summed E-state index contributed by atoms with van der Waals surface area (Å²) in [4.78, 5) is 18.4. The Labute approximate surface area is 207 Å². The first-order valence-electron chi connectivity index (χ1n) is 11.8. The van der Waals surface area contributed by atoms with Gasteiger partial charge in [-0.05, 0) is 55.4 Å². The van der Waals surface area contributed by atoms with E-state index in [1.807, 2.05) is 12.1 Å². The molecule has 0 aliphatic rings. The Hall–Kier alpha value is -2.19. The van der Waals surface area contributed by atoms with Crippen molar-refractivity contribution in [3.05, 3.63) is 75.5 Å². The molecule has 6 nitrogen and oxygen atoms in total. The highest BCUT2D eigenvalue weighted by atomic mass is 35.5. The molecule has 3 aromatic rings. The highest BCUT2D eigenvalue weighted by Crippen LogP contribution is 2.20. The standard InChI is InChI=1S/C26H34ClN3O3S/c1-4-28(5-2)14-15-29(6-3)20-22-18-21-12-13-23(27)19-25(21)30(26(22)31)16-17-34(32,33)24-10-8-7-9-11-24/h7-13,18-19H,4-6,14-17,20H2,1-3H3. The van der Waals surface area contributed by atoms with E-state index in [4.69, 9.17) is 11.6 Å². The Morgan fingerprint density at radius 3 is 2.18 bits per heavy atom. The summed E-state index contributed by atoms with van der Waals surface area (Å²) >= 11 is 6.23. The molecule has 34 heavy (non-hydrogen) atoms. The topological polar surface area (TPSA) is 62.6 Å². The van der Waals surface area contributed by atoms with E-state index in [0.29, 0.717) is 22.6 Å². The number of rotatable bonds is 12. The van der Waals surface area contributed by atoms with Crippen LogP contribution in [-0.2, 0) is 22.9 Å². The van der Waals surface area contributed by atoms with Gasteiger partial charge < -0.3 is 9.47 Å². The highest BCUT2D eigenvalue weighted by Gasteiger charge is 2.18. The molecule has 8 heteroatoms. The van der Waals surface area contributed by atoms with Crippen LogP contribution in [0.3, 0.4) is 0 Å². The van der Waals surface area contributed by atoms with E-state index in [9.17, 15) is 13.2 Å². The normalized spacial score (nSPS) is 12.2. The zero-order valence-corrected chi connectivity index (χ0v) is 21.8. The van der Waals surface area contributed by atoms with Gasteiger partial charge in [-0.3, -0.25) is 9.69 Å². The summed E-state index contributed by atoms with van der Waals surface area (Å²) < 4.78 is 27.3. The lowest BCUT2D eigenvalue weighted by Crippen LogP contribution is -2.37. The van der Waals surface area contributed by atoms with Crippen LogP contribution in [0, 0.1) is 0 Å². The van der Waals surface area contributed by atoms with E-state index >= 15 is 0 Å². The van der Waals surface area contributed by atoms with Gasteiger partial charge in [-0.15, -0.1) is 0 Å². The molecule has 0 saturated carbocycles. The molecule has 0 fully saturated rings. The molecule has 0 amide bonds. The van der Waals surface area contributed by atoms with Gasteiger partial charge in [0.2, 0.25) is 0 Å². The third-order valence-corrected chi connectivity index (χ3v) is 8.23. The molecule has 0 N–H and O–H groups in total. The van der Waals surface area contributed by atoms with Crippen molar-refractivity contribution in [2.45, 2.75) is 38.8 Å². The molecule has 0 unspecified atom stereocenters. The molecule has 0 radical (unpaired) electrons. The Balaban J connectivity index is 1.93. The van der Waals surface area contributed by atoms with Crippen molar-refractivity contribution in [1.82, 2.24) is 14.4 Å². The van der Waals surface area contributed by atoms with Crippen molar-refractivity contribution < 1.29 is 8.42 Å². The fourth-order valence-corrected chi connectivity index (χ4v) is 5.51. The maximum Gasteiger partial charge on any atom is 0.255 e. The first-order valence-corrected chi connectivity index (χ1v) is 13.9. The monoisotopic (exact) mass is 503 g/mol. The first-order chi connectivity index (χ1) is 16.3.